The van der Waals surface area contributed by atoms with Crippen LogP contribution in [0, 0.1) is 21.7 Å². The van der Waals surface area contributed by atoms with Crippen LogP contribution in [0.1, 0.15) is 6.92 Å². The molecule has 98 valence electrons. The Morgan fingerprint density at radius 2 is 2.17 bits per heavy atom. The van der Waals surface area contributed by atoms with Gasteiger partial charge in [0.1, 0.15) is 12.7 Å². The first kappa shape index (κ1) is 13.8. The number of ether oxygens (including phenoxy) is 2. The van der Waals surface area contributed by atoms with Gasteiger partial charge in [0.15, 0.2) is 5.82 Å². The van der Waals surface area contributed by atoms with Gasteiger partial charge in [0.2, 0.25) is 11.6 Å². The number of halogens is 2. The number of rotatable bonds is 6. The lowest BCUT2D eigenvalue weighted by molar-refractivity contribution is -0.386. The maximum atomic E-state index is 13.3. The average Bonchev–Trinajstić information content (AvgIpc) is 2.31. The van der Waals surface area contributed by atoms with E-state index >= 15 is 0 Å². The van der Waals surface area contributed by atoms with Crippen LogP contribution in [0.3, 0.4) is 0 Å². The highest BCUT2D eigenvalue weighted by atomic mass is 19.2. The first-order chi connectivity index (χ1) is 8.47. The van der Waals surface area contributed by atoms with Gasteiger partial charge >= 0.3 is 5.69 Å². The van der Waals surface area contributed by atoms with Crippen molar-refractivity contribution in [3.05, 3.63) is 33.9 Å². The topological polar surface area (TPSA) is 78.7 Å². The molecule has 1 aromatic rings. The Morgan fingerprint density at radius 1 is 1.50 bits per heavy atom. The van der Waals surface area contributed by atoms with E-state index < -0.39 is 34.1 Å². The number of carbonyl (C=O) groups excluding carboxylic acids is 1. The monoisotopic (exact) mass is 261 g/mol. The molecule has 0 spiro atoms. The number of nitrogens with zero attached hydrogens (tertiary/aromatic N) is 1. The van der Waals surface area contributed by atoms with E-state index in [1.165, 1.54) is 6.92 Å². The predicted octanol–water partition coefficient (Wildman–Crippen LogP) is 1.81. The second kappa shape index (κ2) is 5.89. The Balaban J connectivity index is 2.95. The van der Waals surface area contributed by atoms with Crippen LogP contribution in [0.4, 0.5) is 14.5 Å². The molecule has 1 atom stereocenters. The molecule has 0 fully saturated rings. The van der Waals surface area contributed by atoms with Crippen LogP contribution in [-0.2, 0) is 9.53 Å². The highest BCUT2D eigenvalue weighted by Gasteiger charge is 2.23. The van der Waals surface area contributed by atoms with Gasteiger partial charge in [-0.15, -0.1) is 0 Å². The summed E-state index contributed by atoms with van der Waals surface area (Å²) in [6.07, 6.45) is -0.746. The fourth-order valence-electron chi connectivity index (χ4n) is 1.14. The van der Waals surface area contributed by atoms with Gasteiger partial charge in [0.25, 0.3) is 6.47 Å². The maximum Gasteiger partial charge on any atom is 0.314 e. The summed E-state index contributed by atoms with van der Waals surface area (Å²) in [4.78, 5) is 19.7. The molecule has 1 aromatic carbocycles. The van der Waals surface area contributed by atoms with Crippen molar-refractivity contribution >= 4 is 12.2 Å². The largest absolute Gasteiger partial charge is 0.481 e. The van der Waals surface area contributed by atoms with Crippen LogP contribution in [-0.4, -0.2) is 24.1 Å². The van der Waals surface area contributed by atoms with Gasteiger partial charge in [-0.1, -0.05) is 0 Å². The SMILES string of the molecule is C[C@H](COc1c([N+](=O)[O-])ccc(F)c1F)OC=O. The Bertz CT molecular complexity index is 466. The molecule has 0 amide bonds. The number of hydrogen-bond donors (Lipinski definition) is 0. The summed E-state index contributed by atoms with van der Waals surface area (Å²) in [5.41, 5.74) is -0.702. The summed E-state index contributed by atoms with van der Waals surface area (Å²) in [7, 11) is 0. The zero-order valence-corrected chi connectivity index (χ0v) is 9.26. The number of benzene rings is 1. The molecule has 0 unspecified atom stereocenters. The molecular formula is C10H9F2NO5. The minimum Gasteiger partial charge on any atom is -0.481 e. The minimum absolute atomic E-state index is 0.157. The molecule has 0 radical (unpaired) electrons. The summed E-state index contributed by atoms with van der Waals surface area (Å²) in [6, 6.07) is 1.42. The fraction of sp³-hybridized carbons (Fsp3) is 0.300. The van der Waals surface area contributed by atoms with Gasteiger partial charge in [0, 0.05) is 6.07 Å². The summed E-state index contributed by atoms with van der Waals surface area (Å²) < 4.78 is 35.5. The number of carbonyl (C=O) groups is 1. The molecule has 0 saturated carbocycles. The van der Waals surface area contributed by atoms with Crippen molar-refractivity contribution in [3.8, 4) is 5.75 Å². The lowest BCUT2D eigenvalue weighted by atomic mass is 10.2. The van der Waals surface area contributed by atoms with E-state index in [-0.39, 0.29) is 13.1 Å². The van der Waals surface area contributed by atoms with Gasteiger partial charge in [-0.3, -0.25) is 14.9 Å². The number of nitro groups is 1. The first-order valence-corrected chi connectivity index (χ1v) is 4.81. The molecule has 0 N–H and O–H groups in total. The van der Waals surface area contributed by atoms with Crippen molar-refractivity contribution in [2.45, 2.75) is 13.0 Å². The van der Waals surface area contributed by atoms with Crippen LogP contribution in [0.25, 0.3) is 0 Å². The van der Waals surface area contributed by atoms with Crippen molar-refractivity contribution in [2.75, 3.05) is 6.61 Å². The number of hydrogen-bond acceptors (Lipinski definition) is 5. The third kappa shape index (κ3) is 3.12. The van der Waals surface area contributed by atoms with Gasteiger partial charge in [-0.25, -0.2) is 4.39 Å². The molecule has 0 aliphatic rings. The van der Waals surface area contributed by atoms with Crippen molar-refractivity contribution < 1.29 is 28.0 Å². The third-order valence-corrected chi connectivity index (χ3v) is 1.98. The average molecular weight is 261 g/mol. The molecule has 8 heteroatoms. The number of nitro benzene ring substituents is 1. The highest BCUT2D eigenvalue weighted by molar-refractivity contribution is 5.47. The second-order valence-corrected chi connectivity index (χ2v) is 3.32. The van der Waals surface area contributed by atoms with Crippen molar-refractivity contribution in [1.82, 2.24) is 0 Å². The molecule has 0 heterocycles. The van der Waals surface area contributed by atoms with Crippen LogP contribution >= 0.6 is 0 Å². The van der Waals surface area contributed by atoms with Gasteiger partial charge in [0.05, 0.1) is 4.92 Å². The molecule has 6 nitrogen and oxygen atoms in total. The van der Waals surface area contributed by atoms with Gasteiger partial charge in [-0.2, -0.15) is 4.39 Å². The van der Waals surface area contributed by atoms with E-state index in [4.69, 9.17) is 4.74 Å². The third-order valence-electron chi connectivity index (χ3n) is 1.98. The Hall–Kier alpha value is -2.25. The van der Waals surface area contributed by atoms with Crippen LogP contribution in [0.2, 0.25) is 0 Å². The molecular weight excluding hydrogens is 252 g/mol. The van der Waals surface area contributed by atoms with E-state index in [1.807, 2.05) is 0 Å². The van der Waals surface area contributed by atoms with Crippen molar-refractivity contribution in [2.24, 2.45) is 0 Å². The molecule has 0 saturated heterocycles. The van der Waals surface area contributed by atoms with E-state index in [1.54, 1.807) is 0 Å². The maximum absolute atomic E-state index is 13.3. The quantitative estimate of drug-likeness (QED) is 0.443. The lowest BCUT2D eigenvalue weighted by Crippen LogP contribution is -2.18. The normalized spacial score (nSPS) is 11.7. The van der Waals surface area contributed by atoms with E-state index in [0.717, 1.165) is 6.07 Å². The van der Waals surface area contributed by atoms with Crippen molar-refractivity contribution in [3.63, 3.8) is 0 Å². The lowest BCUT2D eigenvalue weighted by Gasteiger charge is -2.12. The highest BCUT2D eigenvalue weighted by Crippen LogP contribution is 2.31. The van der Waals surface area contributed by atoms with Crippen LogP contribution in [0.15, 0.2) is 12.1 Å². The van der Waals surface area contributed by atoms with E-state index in [9.17, 15) is 23.7 Å². The van der Waals surface area contributed by atoms with Crippen molar-refractivity contribution in [1.29, 1.82) is 0 Å². The second-order valence-electron chi connectivity index (χ2n) is 3.32. The van der Waals surface area contributed by atoms with Gasteiger partial charge in [-0.05, 0) is 13.0 Å². The smallest absolute Gasteiger partial charge is 0.314 e. The molecule has 1 rings (SSSR count). The van der Waals surface area contributed by atoms with E-state index in [2.05, 4.69) is 4.74 Å². The van der Waals surface area contributed by atoms with Crippen LogP contribution in [0.5, 0.6) is 5.75 Å². The minimum atomic E-state index is -1.46. The summed E-state index contributed by atoms with van der Waals surface area (Å²) >= 11 is 0. The zero-order chi connectivity index (χ0) is 13.7. The molecule has 0 aliphatic heterocycles. The molecule has 18 heavy (non-hydrogen) atoms. The fourth-order valence-corrected chi connectivity index (χ4v) is 1.14. The predicted molar refractivity (Wildman–Crippen MR) is 55.1 cm³/mol. The Kier molecular flexibility index (Phi) is 4.52. The molecule has 0 aromatic heterocycles. The first-order valence-electron chi connectivity index (χ1n) is 4.81. The Labute approximate surface area is 100 Å². The van der Waals surface area contributed by atoms with Crippen LogP contribution < -0.4 is 4.74 Å². The summed E-state index contributed by atoms with van der Waals surface area (Å²) in [5, 5.41) is 10.6. The summed E-state index contributed by atoms with van der Waals surface area (Å²) in [6.45, 7) is 1.25. The zero-order valence-electron chi connectivity index (χ0n) is 9.26. The Morgan fingerprint density at radius 3 is 2.72 bits per heavy atom. The summed E-state index contributed by atoms with van der Waals surface area (Å²) in [5.74, 6) is -3.54. The molecule has 0 bridgehead atoms. The standard InChI is InChI=1S/C10H9F2NO5/c1-6(18-5-14)4-17-10-8(13(15)16)3-2-7(11)9(10)12/h2-3,5-6H,4H2,1H3/t6-/m1/s1. The van der Waals surface area contributed by atoms with Gasteiger partial charge < -0.3 is 9.47 Å². The molecule has 0 aliphatic carbocycles. The van der Waals surface area contributed by atoms with E-state index in [0.29, 0.717) is 6.07 Å².